The average Bonchev–Trinajstić information content (AvgIpc) is 3.01. The molecule has 2 aromatic carbocycles. The maximum Gasteiger partial charge on any atom is 0.343 e. The third kappa shape index (κ3) is 16.9. The van der Waals surface area contributed by atoms with E-state index in [0.29, 0.717) is 17.9 Å². The molecule has 2 rings (SSSR count). The van der Waals surface area contributed by atoms with E-state index < -0.39 is 0 Å². The van der Waals surface area contributed by atoms with E-state index in [9.17, 15) is 4.79 Å². The van der Waals surface area contributed by atoms with E-state index >= 15 is 0 Å². The van der Waals surface area contributed by atoms with Crippen molar-refractivity contribution in [3.05, 3.63) is 59.7 Å². The molecule has 2 aromatic rings. The quantitative estimate of drug-likeness (QED) is 0.0630. The van der Waals surface area contributed by atoms with Crippen LogP contribution in [0.1, 0.15) is 165 Å². The zero-order chi connectivity index (χ0) is 30.1. The predicted molar refractivity (Wildman–Crippen MR) is 177 cm³/mol. The molecule has 4 heteroatoms. The summed E-state index contributed by atoms with van der Waals surface area (Å²) < 4.78 is 17.1. The standard InChI is InChI=1S/C38H60O4/c1-4-6-7-8-9-10-11-12-13-14-15-16-17-18-19-20-21-22-32-40-33(3)34-23-25-35(26-24-34)38(39)42-37-29-27-36(28-30-37)41-31-5-2/h23-30,33H,4-22,31-32H2,1-3H3. The third-order valence-corrected chi connectivity index (χ3v) is 7.99. The van der Waals surface area contributed by atoms with Gasteiger partial charge in [0.2, 0.25) is 0 Å². The Morgan fingerprint density at radius 2 is 1.00 bits per heavy atom. The monoisotopic (exact) mass is 580 g/mol. The van der Waals surface area contributed by atoms with Crippen LogP contribution >= 0.6 is 0 Å². The minimum Gasteiger partial charge on any atom is -0.494 e. The lowest BCUT2D eigenvalue weighted by Gasteiger charge is -2.14. The molecule has 0 aliphatic carbocycles. The zero-order valence-corrected chi connectivity index (χ0v) is 27.2. The number of ether oxygens (including phenoxy) is 3. The van der Waals surface area contributed by atoms with Gasteiger partial charge in [-0.25, -0.2) is 4.79 Å². The van der Waals surface area contributed by atoms with Crippen molar-refractivity contribution in [2.75, 3.05) is 13.2 Å². The summed E-state index contributed by atoms with van der Waals surface area (Å²) in [7, 11) is 0. The van der Waals surface area contributed by atoms with Gasteiger partial charge in [0.1, 0.15) is 11.5 Å². The molecule has 0 amide bonds. The van der Waals surface area contributed by atoms with E-state index in [1.807, 2.05) is 36.4 Å². The second-order valence-electron chi connectivity index (χ2n) is 11.9. The van der Waals surface area contributed by atoms with Crippen molar-refractivity contribution in [2.45, 2.75) is 149 Å². The van der Waals surface area contributed by atoms with Crippen molar-refractivity contribution < 1.29 is 19.0 Å². The summed E-state index contributed by atoms with van der Waals surface area (Å²) in [6.45, 7) is 7.88. The largest absolute Gasteiger partial charge is 0.494 e. The van der Waals surface area contributed by atoms with Gasteiger partial charge >= 0.3 is 5.97 Å². The zero-order valence-electron chi connectivity index (χ0n) is 27.2. The van der Waals surface area contributed by atoms with Crippen LogP contribution < -0.4 is 9.47 Å². The minimum absolute atomic E-state index is 0.0107. The van der Waals surface area contributed by atoms with E-state index in [4.69, 9.17) is 14.2 Å². The number of benzene rings is 2. The fourth-order valence-corrected chi connectivity index (χ4v) is 5.24. The highest BCUT2D eigenvalue weighted by molar-refractivity contribution is 5.91. The van der Waals surface area contributed by atoms with E-state index in [2.05, 4.69) is 20.8 Å². The predicted octanol–water partition coefficient (Wildman–Crippen LogP) is 11.8. The lowest BCUT2D eigenvalue weighted by atomic mass is 10.0. The van der Waals surface area contributed by atoms with Crippen LogP contribution in [-0.4, -0.2) is 19.2 Å². The summed E-state index contributed by atoms with van der Waals surface area (Å²) in [4.78, 5) is 12.5. The first kappa shape index (κ1) is 35.9. The summed E-state index contributed by atoms with van der Waals surface area (Å²) in [6.07, 6.45) is 25.9. The Morgan fingerprint density at radius 3 is 1.48 bits per heavy atom. The molecule has 42 heavy (non-hydrogen) atoms. The number of hydrogen-bond donors (Lipinski definition) is 0. The van der Waals surface area contributed by atoms with E-state index in [0.717, 1.165) is 30.8 Å². The fraction of sp³-hybridized carbons (Fsp3) is 0.658. The third-order valence-electron chi connectivity index (χ3n) is 7.99. The molecule has 0 fully saturated rings. The van der Waals surface area contributed by atoms with Crippen LogP contribution in [-0.2, 0) is 4.74 Å². The molecule has 0 N–H and O–H groups in total. The Bertz CT molecular complexity index is 906. The van der Waals surface area contributed by atoms with Crippen molar-refractivity contribution in [1.82, 2.24) is 0 Å². The maximum atomic E-state index is 12.5. The van der Waals surface area contributed by atoms with E-state index in [-0.39, 0.29) is 12.1 Å². The normalized spacial score (nSPS) is 11.9. The highest BCUT2D eigenvalue weighted by atomic mass is 16.5. The molecular formula is C38H60O4. The van der Waals surface area contributed by atoms with Gasteiger partial charge in [0.25, 0.3) is 0 Å². The van der Waals surface area contributed by atoms with Crippen LogP contribution in [0.25, 0.3) is 0 Å². The number of carbonyl (C=O) groups excluding carboxylic acids is 1. The topological polar surface area (TPSA) is 44.8 Å². The molecule has 0 saturated carbocycles. The van der Waals surface area contributed by atoms with Gasteiger partial charge in [-0.1, -0.05) is 135 Å². The van der Waals surface area contributed by atoms with Crippen LogP contribution in [0, 0.1) is 0 Å². The molecule has 0 radical (unpaired) electrons. The molecule has 0 saturated heterocycles. The van der Waals surface area contributed by atoms with Crippen LogP contribution in [0.5, 0.6) is 11.5 Å². The van der Waals surface area contributed by atoms with Crippen LogP contribution in [0.2, 0.25) is 0 Å². The van der Waals surface area contributed by atoms with Gasteiger partial charge in [0.05, 0.1) is 18.3 Å². The minimum atomic E-state index is -0.365. The molecule has 1 atom stereocenters. The molecule has 236 valence electrons. The Morgan fingerprint density at radius 1 is 0.548 bits per heavy atom. The summed E-state index contributed by atoms with van der Waals surface area (Å²) >= 11 is 0. The first-order valence-corrected chi connectivity index (χ1v) is 17.3. The molecular weight excluding hydrogens is 520 g/mol. The number of rotatable bonds is 26. The van der Waals surface area contributed by atoms with Crippen LogP contribution in [0.4, 0.5) is 0 Å². The first-order valence-electron chi connectivity index (χ1n) is 17.3. The van der Waals surface area contributed by atoms with Crippen LogP contribution in [0.3, 0.4) is 0 Å². The van der Waals surface area contributed by atoms with Gasteiger partial charge < -0.3 is 14.2 Å². The average molecular weight is 581 g/mol. The summed E-state index contributed by atoms with van der Waals surface area (Å²) in [5.41, 5.74) is 1.60. The van der Waals surface area contributed by atoms with Crippen molar-refractivity contribution in [3.8, 4) is 11.5 Å². The van der Waals surface area contributed by atoms with Crippen LogP contribution in [0.15, 0.2) is 48.5 Å². The van der Waals surface area contributed by atoms with Crippen molar-refractivity contribution in [3.63, 3.8) is 0 Å². The van der Waals surface area contributed by atoms with Crippen molar-refractivity contribution >= 4 is 5.97 Å². The second-order valence-corrected chi connectivity index (χ2v) is 11.9. The van der Waals surface area contributed by atoms with Gasteiger partial charge in [-0.2, -0.15) is 0 Å². The van der Waals surface area contributed by atoms with E-state index in [1.54, 1.807) is 12.1 Å². The maximum absolute atomic E-state index is 12.5. The Balaban J connectivity index is 1.44. The molecule has 1 unspecified atom stereocenters. The summed E-state index contributed by atoms with van der Waals surface area (Å²) in [5.74, 6) is 0.921. The van der Waals surface area contributed by atoms with E-state index in [1.165, 1.54) is 109 Å². The Hall–Kier alpha value is -2.33. The summed E-state index contributed by atoms with van der Waals surface area (Å²) in [6, 6.07) is 14.7. The number of hydrogen-bond acceptors (Lipinski definition) is 4. The molecule has 0 aliphatic rings. The number of unbranched alkanes of at least 4 members (excludes halogenated alkanes) is 17. The summed E-state index contributed by atoms with van der Waals surface area (Å²) in [5, 5.41) is 0. The molecule has 0 aliphatic heterocycles. The van der Waals surface area contributed by atoms with Gasteiger partial charge in [0, 0.05) is 6.61 Å². The van der Waals surface area contributed by atoms with Crippen molar-refractivity contribution in [2.24, 2.45) is 0 Å². The lowest BCUT2D eigenvalue weighted by Crippen LogP contribution is -2.09. The molecule has 0 aromatic heterocycles. The Labute approximate surface area is 257 Å². The highest BCUT2D eigenvalue weighted by Gasteiger charge is 2.11. The smallest absolute Gasteiger partial charge is 0.343 e. The van der Waals surface area contributed by atoms with Crippen molar-refractivity contribution in [1.29, 1.82) is 0 Å². The van der Waals surface area contributed by atoms with Gasteiger partial charge in [-0.05, 0) is 61.7 Å². The SMILES string of the molecule is CCCCCCCCCCCCCCCCCCCCOC(C)c1ccc(C(=O)Oc2ccc(OCCC)cc2)cc1. The Kier molecular flexibility index (Phi) is 20.6. The molecule has 4 nitrogen and oxygen atoms in total. The lowest BCUT2D eigenvalue weighted by molar-refractivity contribution is 0.0626. The van der Waals surface area contributed by atoms with Gasteiger partial charge in [-0.15, -0.1) is 0 Å². The van der Waals surface area contributed by atoms with Gasteiger partial charge in [-0.3, -0.25) is 0 Å². The molecule has 0 heterocycles. The number of esters is 1. The highest BCUT2D eigenvalue weighted by Crippen LogP contribution is 2.21. The fourth-order valence-electron chi connectivity index (χ4n) is 5.24. The number of carbonyl (C=O) groups is 1. The van der Waals surface area contributed by atoms with Gasteiger partial charge in [0.15, 0.2) is 0 Å². The molecule has 0 bridgehead atoms. The molecule has 0 spiro atoms. The first-order chi connectivity index (χ1) is 20.6. The second kappa shape index (κ2) is 24.1.